The highest BCUT2D eigenvalue weighted by Gasteiger charge is 2.26. The molecule has 12 heavy (non-hydrogen) atoms. The lowest BCUT2D eigenvalue weighted by Crippen LogP contribution is -2.21. The fourth-order valence-corrected chi connectivity index (χ4v) is 1.55. The molecule has 1 aliphatic heterocycles. The molecule has 64 valence electrons. The maximum Gasteiger partial charge on any atom is 0.0762 e. The normalized spacial score (nSPS) is 29.1. The Balaban J connectivity index is 2.19. The second-order valence-electron chi connectivity index (χ2n) is 3.04. The zero-order chi connectivity index (χ0) is 8.39. The quantitative estimate of drug-likeness (QED) is 0.634. The first-order valence-corrected chi connectivity index (χ1v) is 4.20. The Kier molecular flexibility index (Phi) is 2.06. The molecule has 1 aromatic rings. The van der Waals surface area contributed by atoms with Gasteiger partial charge in [0.05, 0.1) is 17.8 Å². The molecule has 3 heteroatoms. The van der Waals surface area contributed by atoms with Gasteiger partial charge in [-0.2, -0.15) is 0 Å². The molecule has 1 fully saturated rings. The Hall–Kier alpha value is -0.930. The highest BCUT2D eigenvalue weighted by atomic mass is 16.3. The lowest BCUT2D eigenvalue weighted by atomic mass is 10.1. The van der Waals surface area contributed by atoms with Crippen LogP contribution in [0.25, 0.3) is 0 Å². The molecule has 0 spiro atoms. The van der Waals surface area contributed by atoms with Crippen molar-refractivity contribution < 1.29 is 5.11 Å². The average Bonchev–Trinajstić information content (AvgIpc) is 2.53. The van der Waals surface area contributed by atoms with Gasteiger partial charge < -0.3 is 10.4 Å². The number of pyridine rings is 1. The number of rotatable bonds is 1. The number of aromatic nitrogens is 1. The van der Waals surface area contributed by atoms with Crippen LogP contribution in [-0.2, 0) is 0 Å². The Morgan fingerprint density at radius 2 is 2.42 bits per heavy atom. The largest absolute Gasteiger partial charge is 0.391 e. The summed E-state index contributed by atoms with van der Waals surface area (Å²) in [6, 6.07) is 5.79. The second kappa shape index (κ2) is 3.21. The van der Waals surface area contributed by atoms with E-state index in [1.807, 2.05) is 18.2 Å². The highest BCUT2D eigenvalue weighted by Crippen LogP contribution is 2.20. The van der Waals surface area contributed by atoms with E-state index in [0.717, 1.165) is 18.7 Å². The van der Waals surface area contributed by atoms with Crippen LogP contribution in [0.4, 0.5) is 0 Å². The highest BCUT2D eigenvalue weighted by molar-refractivity contribution is 5.11. The molecule has 2 N–H and O–H groups in total. The van der Waals surface area contributed by atoms with Crippen LogP contribution in [0.5, 0.6) is 0 Å². The molecule has 2 heterocycles. The van der Waals surface area contributed by atoms with E-state index in [2.05, 4.69) is 10.3 Å². The van der Waals surface area contributed by atoms with Crippen LogP contribution in [-0.4, -0.2) is 22.7 Å². The summed E-state index contributed by atoms with van der Waals surface area (Å²) in [6.07, 6.45) is 2.29. The van der Waals surface area contributed by atoms with E-state index in [-0.39, 0.29) is 12.1 Å². The summed E-state index contributed by atoms with van der Waals surface area (Å²) in [7, 11) is 0. The van der Waals surface area contributed by atoms with Crippen LogP contribution < -0.4 is 5.32 Å². The number of hydrogen-bond acceptors (Lipinski definition) is 3. The van der Waals surface area contributed by atoms with Crippen molar-refractivity contribution >= 4 is 0 Å². The Labute approximate surface area is 71.4 Å². The maximum atomic E-state index is 9.54. The third-order valence-electron chi connectivity index (χ3n) is 2.20. The Morgan fingerprint density at radius 1 is 1.50 bits per heavy atom. The van der Waals surface area contributed by atoms with Crippen LogP contribution in [0.15, 0.2) is 24.4 Å². The van der Waals surface area contributed by atoms with Crippen molar-refractivity contribution in [3.63, 3.8) is 0 Å². The molecule has 1 saturated heterocycles. The van der Waals surface area contributed by atoms with Gasteiger partial charge in [-0.1, -0.05) is 6.07 Å². The average molecular weight is 164 g/mol. The van der Waals surface area contributed by atoms with Gasteiger partial charge in [0.25, 0.3) is 0 Å². The van der Waals surface area contributed by atoms with Crippen molar-refractivity contribution in [2.45, 2.75) is 18.6 Å². The van der Waals surface area contributed by atoms with E-state index in [1.54, 1.807) is 6.20 Å². The summed E-state index contributed by atoms with van der Waals surface area (Å²) >= 11 is 0. The van der Waals surface area contributed by atoms with Crippen LogP contribution in [0.3, 0.4) is 0 Å². The standard InChI is InChI=1S/C9H12N2O/c12-8-4-6-11-9(8)7-3-1-2-5-10-7/h1-3,5,8-9,11-12H,4,6H2. The summed E-state index contributed by atoms with van der Waals surface area (Å²) in [6.45, 7) is 0.877. The number of hydrogen-bond donors (Lipinski definition) is 2. The van der Waals surface area contributed by atoms with Crippen molar-refractivity contribution in [1.29, 1.82) is 0 Å². The molecule has 0 aromatic carbocycles. The fraction of sp³-hybridized carbons (Fsp3) is 0.444. The monoisotopic (exact) mass is 164 g/mol. The SMILES string of the molecule is OC1CCNC1c1ccccn1. The molecular formula is C9H12N2O. The molecule has 0 radical (unpaired) electrons. The van der Waals surface area contributed by atoms with Crippen molar-refractivity contribution in [1.82, 2.24) is 10.3 Å². The first kappa shape index (κ1) is 7.71. The predicted molar refractivity (Wildman–Crippen MR) is 45.6 cm³/mol. The minimum atomic E-state index is -0.278. The zero-order valence-electron chi connectivity index (χ0n) is 6.77. The van der Waals surface area contributed by atoms with E-state index >= 15 is 0 Å². The summed E-state index contributed by atoms with van der Waals surface area (Å²) < 4.78 is 0. The van der Waals surface area contributed by atoms with Crippen LogP contribution >= 0.6 is 0 Å². The Morgan fingerprint density at radius 3 is 3.00 bits per heavy atom. The summed E-state index contributed by atoms with van der Waals surface area (Å²) in [5.41, 5.74) is 0.933. The summed E-state index contributed by atoms with van der Waals surface area (Å²) in [4.78, 5) is 4.19. The van der Waals surface area contributed by atoms with Crippen LogP contribution in [0, 0.1) is 0 Å². The van der Waals surface area contributed by atoms with Crippen LogP contribution in [0.2, 0.25) is 0 Å². The molecule has 2 atom stereocenters. The zero-order valence-corrected chi connectivity index (χ0v) is 6.77. The molecule has 2 unspecified atom stereocenters. The van der Waals surface area contributed by atoms with Gasteiger partial charge in [-0.25, -0.2) is 0 Å². The van der Waals surface area contributed by atoms with E-state index in [4.69, 9.17) is 0 Å². The third-order valence-corrected chi connectivity index (χ3v) is 2.20. The smallest absolute Gasteiger partial charge is 0.0762 e. The van der Waals surface area contributed by atoms with E-state index in [0.29, 0.717) is 0 Å². The molecule has 0 bridgehead atoms. The molecule has 3 nitrogen and oxygen atoms in total. The number of nitrogens with one attached hydrogen (secondary N) is 1. The molecule has 0 aliphatic carbocycles. The van der Waals surface area contributed by atoms with Crippen molar-refractivity contribution in [3.8, 4) is 0 Å². The van der Waals surface area contributed by atoms with Crippen molar-refractivity contribution in [3.05, 3.63) is 30.1 Å². The van der Waals surface area contributed by atoms with Crippen molar-refractivity contribution in [2.75, 3.05) is 6.54 Å². The van der Waals surface area contributed by atoms with Gasteiger partial charge in [0, 0.05) is 6.20 Å². The second-order valence-corrected chi connectivity index (χ2v) is 3.04. The third kappa shape index (κ3) is 1.33. The number of aliphatic hydroxyl groups is 1. The van der Waals surface area contributed by atoms with Gasteiger partial charge >= 0.3 is 0 Å². The van der Waals surface area contributed by atoms with Gasteiger partial charge in [0.2, 0.25) is 0 Å². The lowest BCUT2D eigenvalue weighted by Gasteiger charge is -2.13. The molecule has 1 aromatic heterocycles. The molecule has 0 amide bonds. The van der Waals surface area contributed by atoms with E-state index < -0.39 is 0 Å². The summed E-state index contributed by atoms with van der Waals surface area (Å²) in [5, 5.41) is 12.8. The van der Waals surface area contributed by atoms with Gasteiger partial charge in [-0.05, 0) is 25.1 Å². The van der Waals surface area contributed by atoms with Gasteiger partial charge in [-0.15, -0.1) is 0 Å². The Bertz CT molecular complexity index is 250. The molecule has 1 aliphatic rings. The fourth-order valence-electron chi connectivity index (χ4n) is 1.55. The number of nitrogens with zero attached hydrogens (tertiary/aromatic N) is 1. The first-order valence-electron chi connectivity index (χ1n) is 4.20. The molecular weight excluding hydrogens is 152 g/mol. The van der Waals surface area contributed by atoms with Gasteiger partial charge in [-0.3, -0.25) is 4.98 Å². The number of aliphatic hydroxyl groups excluding tert-OH is 1. The predicted octanol–water partition coefficient (Wildman–Crippen LogP) is 0.477. The maximum absolute atomic E-state index is 9.54. The first-order chi connectivity index (χ1) is 5.88. The van der Waals surface area contributed by atoms with Gasteiger partial charge in [0.1, 0.15) is 0 Å². The molecule has 2 rings (SSSR count). The van der Waals surface area contributed by atoms with Gasteiger partial charge in [0.15, 0.2) is 0 Å². The summed E-state index contributed by atoms with van der Waals surface area (Å²) in [5.74, 6) is 0. The lowest BCUT2D eigenvalue weighted by molar-refractivity contribution is 0.158. The van der Waals surface area contributed by atoms with E-state index in [1.165, 1.54) is 0 Å². The topological polar surface area (TPSA) is 45.1 Å². The molecule has 0 saturated carbocycles. The van der Waals surface area contributed by atoms with Crippen molar-refractivity contribution in [2.24, 2.45) is 0 Å². The van der Waals surface area contributed by atoms with Crippen LogP contribution in [0.1, 0.15) is 18.2 Å². The minimum Gasteiger partial charge on any atom is -0.391 e. The minimum absolute atomic E-state index is 0.0335. The van der Waals surface area contributed by atoms with E-state index in [9.17, 15) is 5.11 Å².